The number of benzene rings is 1. The normalized spacial score (nSPS) is 18.0. The lowest BCUT2D eigenvalue weighted by molar-refractivity contribution is -0.386. The second-order valence-electron chi connectivity index (χ2n) is 5.51. The molecule has 1 aliphatic carbocycles. The highest BCUT2D eigenvalue weighted by Gasteiger charge is 2.26. The van der Waals surface area contributed by atoms with Crippen LogP contribution < -0.4 is 4.74 Å². The monoisotopic (exact) mass is 357 g/mol. The summed E-state index contributed by atoms with van der Waals surface area (Å²) in [4.78, 5) is 10.8. The number of rotatable bonds is 4. The Bertz CT molecular complexity index is 511. The van der Waals surface area contributed by atoms with Gasteiger partial charge in [0.25, 0.3) is 0 Å². The molecule has 1 aromatic rings. The summed E-state index contributed by atoms with van der Waals surface area (Å²) in [6.07, 6.45) is 5.53. The molecule has 21 heavy (non-hydrogen) atoms. The van der Waals surface area contributed by atoms with Crippen molar-refractivity contribution in [2.24, 2.45) is 0 Å². The molecule has 0 aliphatic heterocycles. The minimum Gasteiger partial charge on any atom is -0.483 e. The molecule has 1 atom stereocenters. The molecule has 0 radical (unpaired) electrons. The van der Waals surface area contributed by atoms with E-state index in [1.807, 2.05) is 0 Å². The number of nitro groups is 1. The van der Waals surface area contributed by atoms with Crippen molar-refractivity contribution >= 4 is 21.6 Å². The highest BCUT2D eigenvalue weighted by atomic mass is 79.9. The average molecular weight is 358 g/mol. The summed E-state index contributed by atoms with van der Waals surface area (Å²) in [6, 6.07) is 3.11. The molecule has 1 saturated carbocycles. The fraction of sp³-hybridized carbons (Fsp3) is 0.600. The number of aliphatic hydroxyl groups excluding tert-OH is 1. The van der Waals surface area contributed by atoms with Crippen LogP contribution in [0.15, 0.2) is 16.6 Å². The van der Waals surface area contributed by atoms with Crippen LogP contribution in [0.3, 0.4) is 0 Å². The van der Waals surface area contributed by atoms with Crippen LogP contribution >= 0.6 is 15.9 Å². The second-order valence-corrected chi connectivity index (χ2v) is 6.42. The van der Waals surface area contributed by atoms with Crippen molar-refractivity contribution in [2.75, 3.05) is 0 Å². The van der Waals surface area contributed by atoms with Gasteiger partial charge in [-0.1, -0.05) is 28.8 Å². The van der Waals surface area contributed by atoms with Gasteiger partial charge in [0.2, 0.25) is 5.75 Å². The Morgan fingerprint density at radius 3 is 2.48 bits per heavy atom. The van der Waals surface area contributed by atoms with Crippen molar-refractivity contribution in [1.29, 1.82) is 0 Å². The van der Waals surface area contributed by atoms with Gasteiger partial charge in [0.05, 0.1) is 17.1 Å². The molecule has 0 bridgehead atoms. The molecule has 1 aliphatic rings. The predicted octanol–water partition coefficient (Wildman–Crippen LogP) is 4.51. The van der Waals surface area contributed by atoms with Crippen molar-refractivity contribution in [3.8, 4) is 5.75 Å². The first-order chi connectivity index (χ1) is 9.99. The zero-order valence-corrected chi connectivity index (χ0v) is 13.6. The van der Waals surface area contributed by atoms with Gasteiger partial charge in [0.1, 0.15) is 0 Å². The molecule has 0 saturated heterocycles. The number of nitrogens with zero attached hydrogens (tertiary/aromatic N) is 1. The third-order valence-corrected chi connectivity index (χ3v) is 4.25. The maximum Gasteiger partial charge on any atom is 0.312 e. The molecule has 5 nitrogen and oxygen atoms in total. The van der Waals surface area contributed by atoms with Gasteiger partial charge in [-0.15, -0.1) is 0 Å². The average Bonchev–Trinajstić information content (AvgIpc) is 2.68. The third kappa shape index (κ3) is 4.17. The largest absolute Gasteiger partial charge is 0.483 e. The summed E-state index contributed by atoms with van der Waals surface area (Å²) in [7, 11) is 0. The summed E-state index contributed by atoms with van der Waals surface area (Å²) in [5.41, 5.74) is 0.366. The fourth-order valence-corrected chi connectivity index (χ4v) is 3.16. The van der Waals surface area contributed by atoms with Crippen LogP contribution in [0.1, 0.15) is 57.1 Å². The lowest BCUT2D eigenvalue weighted by Gasteiger charge is -2.20. The van der Waals surface area contributed by atoms with E-state index in [4.69, 9.17) is 4.74 Å². The maximum atomic E-state index is 11.3. The van der Waals surface area contributed by atoms with E-state index in [0.29, 0.717) is 10.0 Å². The van der Waals surface area contributed by atoms with Gasteiger partial charge in [0, 0.05) is 16.1 Å². The van der Waals surface area contributed by atoms with Crippen LogP contribution in [0.25, 0.3) is 0 Å². The van der Waals surface area contributed by atoms with Crippen LogP contribution in [0.2, 0.25) is 0 Å². The van der Waals surface area contributed by atoms with Gasteiger partial charge >= 0.3 is 5.69 Å². The molecule has 0 aromatic heterocycles. The fourth-order valence-electron chi connectivity index (χ4n) is 2.70. The zero-order chi connectivity index (χ0) is 15.4. The second kappa shape index (κ2) is 7.22. The first-order valence-electron chi connectivity index (χ1n) is 7.31. The minimum atomic E-state index is -0.818. The lowest BCUT2D eigenvalue weighted by atomic mass is 10.1. The van der Waals surface area contributed by atoms with Gasteiger partial charge in [-0.05, 0) is 38.7 Å². The van der Waals surface area contributed by atoms with Crippen molar-refractivity contribution in [3.05, 3.63) is 32.3 Å². The van der Waals surface area contributed by atoms with Crippen LogP contribution in [0.4, 0.5) is 5.69 Å². The van der Waals surface area contributed by atoms with E-state index in [9.17, 15) is 15.2 Å². The Kier molecular flexibility index (Phi) is 5.58. The number of hydrogen-bond donors (Lipinski definition) is 1. The molecule has 0 unspecified atom stereocenters. The van der Waals surface area contributed by atoms with E-state index in [-0.39, 0.29) is 17.5 Å². The summed E-state index contributed by atoms with van der Waals surface area (Å²) >= 11 is 3.25. The van der Waals surface area contributed by atoms with Gasteiger partial charge < -0.3 is 9.84 Å². The van der Waals surface area contributed by atoms with Crippen molar-refractivity contribution in [1.82, 2.24) is 0 Å². The molecule has 0 spiro atoms. The standard InChI is InChI=1S/C15H20BrNO4/c1-10(18)13-8-11(16)9-14(17(19)20)15(13)21-12-6-4-2-3-5-7-12/h8-10,12,18H,2-7H2,1H3/t10-/m1/s1. The number of hydrogen-bond acceptors (Lipinski definition) is 4. The van der Waals surface area contributed by atoms with Crippen LogP contribution in [0.5, 0.6) is 5.75 Å². The summed E-state index contributed by atoms with van der Waals surface area (Å²) < 4.78 is 6.52. The molecular formula is C15H20BrNO4. The molecule has 0 amide bonds. The quantitative estimate of drug-likeness (QED) is 0.488. The van der Waals surface area contributed by atoms with E-state index in [1.54, 1.807) is 13.0 Å². The third-order valence-electron chi connectivity index (χ3n) is 3.80. The number of aliphatic hydroxyl groups is 1. The molecular weight excluding hydrogens is 338 g/mol. The van der Waals surface area contributed by atoms with Crippen molar-refractivity contribution < 1.29 is 14.8 Å². The van der Waals surface area contributed by atoms with E-state index in [1.165, 1.54) is 18.9 Å². The first kappa shape index (κ1) is 16.2. The Morgan fingerprint density at radius 1 is 1.33 bits per heavy atom. The Morgan fingerprint density at radius 2 is 1.95 bits per heavy atom. The Hall–Kier alpha value is -1.14. The number of halogens is 1. The first-order valence-corrected chi connectivity index (χ1v) is 8.11. The maximum absolute atomic E-state index is 11.3. The predicted molar refractivity (Wildman–Crippen MR) is 83.5 cm³/mol. The summed E-state index contributed by atoms with van der Waals surface area (Å²) in [6.45, 7) is 1.59. The molecule has 2 rings (SSSR count). The molecule has 6 heteroatoms. The highest BCUT2D eigenvalue weighted by Crippen LogP contribution is 2.39. The highest BCUT2D eigenvalue weighted by molar-refractivity contribution is 9.10. The van der Waals surface area contributed by atoms with Crippen LogP contribution in [0, 0.1) is 10.1 Å². The smallest absolute Gasteiger partial charge is 0.312 e. The zero-order valence-electron chi connectivity index (χ0n) is 12.0. The SMILES string of the molecule is C[C@@H](O)c1cc(Br)cc([N+](=O)[O-])c1OC1CCCCCC1. The van der Waals surface area contributed by atoms with Crippen LogP contribution in [-0.2, 0) is 0 Å². The van der Waals surface area contributed by atoms with Crippen LogP contribution in [-0.4, -0.2) is 16.1 Å². The summed E-state index contributed by atoms with van der Waals surface area (Å²) in [5, 5.41) is 21.2. The lowest BCUT2D eigenvalue weighted by Crippen LogP contribution is -2.17. The molecule has 1 aromatic carbocycles. The molecule has 1 N–H and O–H groups in total. The molecule has 0 heterocycles. The Balaban J connectivity index is 2.36. The van der Waals surface area contributed by atoms with Gasteiger partial charge in [-0.2, -0.15) is 0 Å². The van der Waals surface area contributed by atoms with Crippen molar-refractivity contribution in [2.45, 2.75) is 57.7 Å². The number of ether oxygens (including phenoxy) is 1. The van der Waals surface area contributed by atoms with Gasteiger partial charge in [-0.3, -0.25) is 10.1 Å². The Labute approximate surface area is 132 Å². The molecule has 1 fully saturated rings. The van der Waals surface area contributed by atoms with Gasteiger partial charge in [-0.25, -0.2) is 0 Å². The number of nitro benzene ring substituents is 1. The van der Waals surface area contributed by atoms with E-state index >= 15 is 0 Å². The van der Waals surface area contributed by atoms with E-state index in [2.05, 4.69) is 15.9 Å². The van der Waals surface area contributed by atoms with E-state index in [0.717, 1.165) is 25.7 Å². The van der Waals surface area contributed by atoms with Crippen molar-refractivity contribution in [3.63, 3.8) is 0 Å². The summed E-state index contributed by atoms with van der Waals surface area (Å²) in [5.74, 6) is 0.213. The van der Waals surface area contributed by atoms with Gasteiger partial charge in [0.15, 0.2) is 0 Å². The minimum absolute atomic E-state index is 0.00937. The topological polar surface area (TPSA) is 72.6 Å². The van der Waals surface area contributed by atoms with E-state index < -0.39 is 11.0 Å². The molecule has 116 valence electrons.